The molecule has 0 fully saturated rings. The Labute approximate surface area is 132 Å². The van der Waals surface area contributed by atoms with Crippen LogP contribution in [0.25, 0.3) is 0 Å². The van der Waals surface area contributed by atoms with E-state index >= 15 is 0 Å². The van der Waals surface area contributed by atoms with E-state index in [9.17, 15) is 4.79 Å². The van der Waals surface area contributed by atoms with Gasteiger partial charge in [0.25, 0.3) is 0 Å². The lowest BCUT2D eigenvalue weighted by atomic mass is 10.00. The van der Waals surface area contributed by atoms with Crippen molar-refractivity contribution < 1.29 is 4.79 Å². The molecule has 0 aromatic heterocycles. The maximum absolute atomic E-state index is 12.2. The van der Waals surface area contributed by atoms with Crippen molar-refractivity contribution in [1.82, 2.24) is 0 Å². The van der Waals surface area contributed by atoms with Crippen molar-refractivity contribution in [3.05, 3.63) is 67.2 Å². The van der Waals surface area contributed by atoms with Crippen molar-refractivity contribution in [3.63, 3.8) is 0 Å². The molecule has 1 nitrogen and oxygen atoms in total. The Kier molecular flexibility index (Phi) is 4.63. The maximum Gasteiger partial charge on any atom is 0.167 e. The van der Waals surface area contributed by atoms with E-state index < -0.39 is 0 Å². The minimum Gasteiger partial charge on any atom is -0.294 e. The second kappa shape index (κ2) is 6.06. The molecule has 3 heteroatoms. The minimum atomic E-state index is 0.0987. The van der Waals surface area contributed by atoms with Gasteiger partial charge in [0, 0.05) is 15.6 Å². The largest absolute Gasteiger partial charge is 0.294 e. The first-order valence-corrected chi connectivity index (χ1v) is 7.47. The summed E-state index contributed by atoms with van der Waals surface area (Å²) in [5, 5.41) is 0.631. The van der Waals surface area contributed by atoms with Gasteiger partial charge >= 0.3 is 0 Å². The van der Waals surface area contributed by atoms with Crippen LogP contribution in [-0.4, -0.2) is 5.78 Å². The Morgan fingerprint density at radius 1 is 1.11 bits per heavy atom. The van der Waals surface area contributed by atoms with Gasteiger partial charge in [-0.2, -0.15) is 0 Å². The van der Waals surface area contributed by atoms with Crippen LogP contribution in [0.2, 0.25) is 5.02 Å². The van der Waals surface area contributed by atoms with Gasteiger partial charge in [-0.15, -0.1) is 0 Å². The third-order valence-corrected chi connectivity index (χ3v) is 4.75. The molecule has 0 spiro atoms. The van der Waals surface area contributed by atoms with Gasteiger partial charge in [-0.25, -0.2) is 0 Å². The first-order chi connectivity index (χ1) is 8.97. The summed E-state index contributed by atoms with van der Waals surface area (Å²) in [5.74, 6) is 0.0987. The number of carbonyl (C=O) groups excluding carboxylic acids is 1. The van der Waals surface area contributed by atoms with Crippen LogP contribution in [0.5, 0.6) is 0 Å². The van der Waals surface area contributed by atoms with Gasteiger partial charge in [-0.05, 0) is 65.3 Å². The number of ketones is 1. The molecule has 0 amide bonds. The van der Waals surface area contributed by atoms with Gasteiger partial charge in [-0.3, -0.25) is 4.79 Å². The summed E-state index contributed by atoms with van der Waals surface area (Å²) in [5.41, 5.74) is 4.17. The topological polar surface area (TPSA) is 17.1 Å². The Bertz CT molecular complexity index is 635. The van der Waals surface area contributed by atoms with Gasteiger partial charge in [0.15, 0.2) is 5.78 Å². The molecule has 2 aromatic carbocycles. The summed E-state index contributed by atoms with van der Waals surface area (Å²) in [6.07, 6.45) is 0.415. The number of hydrogen-bond acceptors (Lipinski definition) is 1. The monoisotopic (exact) mass is 384 g/mol. The van der Waals surface area contributed by atoms with E-state index in [4.69, 9.17) is 11.6 Å². The summed E-state index contributed by atoms with van der Waals surface area (Å²) in [7, 11) is 0. The molecule has 19 heavy (non-hydrogen) atoms. The fraction of sp³-hybridized carbons (Fsp3) is 0.188. The number of hydrogen-bond donors (Lipinski definition) is 0. The summed E-state index contributed by atoms with van der Waals surface area (Å²) >= 11 is 8.20. The average molecular weight is 385 g/mol. The number of carbonyl (C=O) groups is 1. The third kappa shape index (κ3) is 3.57. The number of Topliss-reactive ketones (excluding diaryl/α,β-unsaturated/α-hetero) is 1. The zero-order valence-electron chi connectivity index (χ0n) is 10.8. The molecule has 2 rings (SSSR count). The molecular weight excluding hydrogens is 371 g/mol. The molecule has 0 aliphatic carbocycles. The van der Waals surface area contributed by atoms with E-state index in [2.05, 4.69) is 48.6 Å². The molecule has 0 unspecified atom stereocenters. The highest BCUT2D eigenvalue weighted by atomic mass is 127. The van der Waals surface area contributed by atoms with E-state index in [0.29, 0.717) is 17.0 Å². The van der Waals surface area contributed by atoms with Gasteiger partial charge in [-0.1, -0.05) is 35.9 Å². The SMILES string of the molecule is Cc1ccc(CC(=O)c2ccc(I)c(Cl)c2)cc1C. The maximum atomic E-state index is 12.2. The van der Waals surface area contributed by atoms with Gasteiger partial charge in [0.2, 0.25) is 0 Å². The lowest BCUT2D eigenvalue weighted by molar-refractivity contribution is 0.0993. The first kappa shape index (κ1) is 14.5. The van der Waals surface area contributed by atoms with Gasteiger partial charge < -0.3 is 0 Å². The molecule has 0 heterocycles. The van der Waals surface area contributed by atoms with E-state index in [1.807, 2.05) is 18.2 Å². The first-order valence-electron chi connectivity index (χ1n) is 6.02. The lowest BCUT2D eigenvalue weighted by Crippen LogP contribution is -2.04. The van der Waals surface area contributed by atoms with Crippen molar-refractivity contribution in [2.75, 3.05) is 0 Å². The van der Waals surface area contributed by atoms with Crippen LogP contribution >= 0.6 is 34.2 Å². The van der Waals surface area contributed by atoms with Gasteiger partial charge in [0.05, 0.1) is 5.02 Å². The molecule has 0 radical (unpaired) electrons. The number of aryl methyl sites for hydroxylation is 2. The highest BCUT2D eigenvalue weighted by Gasteiger charge is 2.09. The predicted molar refractivity (Wildman–Crippen MR) is 88.1 cm³/mol. The van der Waals surface area contributed by atoms with E-state index in [-0.39, 0.29) is 5.78 Å². The zero-order valence-corrected chi connectivity index (χ0v) is 13.7. The molecule has 0 atom stereocenters. The third-order valence-electron chi connectivity index (χ3n) is 3.18. The summed E-state index contributed by atoms with van der Waals surface area (Å²) in [6, 6.07) is 11.6. The van der Waals surface area contributed by atoms with E-state index in [0.717, 1.165) is 9.13 Å². The van der Waals surface area contributed by atoms with Crippen LogP contribution < -0.4 is 0 Å². The van der Waals surface area contributed by atoms with Crippen molar-refractivity contribution in [2.45, 2.75) is 20.3 Å². The van der Waals surface area contributed by atoms with E-state index in [1.165, 1.54) is 11.1 Å². The van der Waals surface area contributed by atoms with Crippen LogP contribution in [0.3, 0.4) is 0 Å². The van der Waals surface area contributed by atoms with Gasteiger partial charge in [0.1, 0.15) is 0 Å². The van der Waals surface area contributed by atoms with Crippen LogP contribution in [-0.2, 0) is 6.42 Å². The minimum absolute atomic E-state index is 0.0987. The van der Waals surface area contributed by atoms with Crippen molar-refractivity contribution in [2.24, 2.45) is 0 Å². The van der Waals surface area contributed by atoms with Crippen molar-refractivity contribution in [3.8, 4) is 0 Å². The molecule has 0 aliphatic rings. The average Bonchev–Trinajstić information content (AvgIpc) is 2.37. The summed E-state index contributed by atoms with van der Waals surface area (Å²) < 4.78 is 0.960. The molecule has 98 valence electrons. The van der Waals surface area contributed by atoms with Crippen LogP contribution in [0.15, 0.2) is 36.4 Å². The Balaban J connectivity index is 2.20. The quantitative estimate of drug-likeness (QED) is 0.538. The number of rotatable bonds is 3. The summed E-state index contributed by atoms with van der Waals surface area (Å²) in [6.45, 7) is 4.13. The molecule has 0 aliphatic heterocycles. The molecule has 0 N–H and O–H groups in total. The second-order valence-corrected chi connectivity index (χ2v) is 6.22. The molecule has 0 saturated carbocycles. The summed E-state index contributed by atoms with van der Waals surface area (Å²) in [4.78, 5) is 12.2. The fourth-order valence-electron chi connectivity index (χ4n) is 1.87. The molecule has 0 bridgehead atoms. The van der Waals surface area contributed by atoms with Crippen molar-refractivity contribution >= 4 is 40.0 Å². The fourth-order valence-corrected chi connectivity index (χ4v) is 2.39. The smallest absolute Gasteiger partial charge is 0.167 e. The van der Waals surface area contributed by atoms with Crippen LogP contribution in [0.1, 0.15) is 27.0 Å². The highest BCUT2D eigenvalue weighted by Crippen LogP contribution is 2.21. The zero-order chi connectivity index (χ0) is 14.0. The lowest BCUT2D eigenvalue weighted by Gasteiger charge is -2.06. The molecule has 0 saturated heterocycles. The molecule has 2 aromatic rings. The van der Waals surface area contributed by atoms with Crippen LogP contribution in [0.4, 0.5) is 0 Å². The Hall–Kier alpha value is -0.870. The predicted octanol–water partition coefficient (Wildman–Crippen LogP) is 4.99. The molecular formula is C16H14ClIO. The number of halogens is 2. The van der Waals surface area contributed by atoms with Crippen LogP contribution in [0, 0.1) is 17.4 Å². The van der Waals surface area contributed by atoms with Crippen molar-refractivity contribution in [1.29, 1.82) is 0 Å². The number of benzene rings is 2. The second-order valence-electron chi connectivity index (χ2n) is 4.65. The normalized spacial score (nSPS) is 10.5. The Morgan fingerprint density at radius 2 is 1.84 bits per heavy atom. The standard InChI is InChI=1S/C16H14ClIO/c1-10-3-4-12(7-11(10)2)8-16(19)13-5-6-15(18)14(17)9-13/h3-7,9H,8H2,1-2H3. The van der Waals surface area contributed by atoms with E-state index in [1.54, 1.807) is 6.07 Å². The highest BCUT2D eigenvalue weighted by molar-refractivity contribution is 14.1. The Morgan fingerprint density at radius 3 is 2.47 bits per heavy atom.